The summed E-state index contributed by atoms with van der Waals surface area (Å²) in [5.41, 5.74) is 3.86. The maximum Gasteiger partial charge on any atom is 0.191 e. The average Bonchev–Trinajstić information content (AvgIpc) is 2.94. The molecule has 0 bridgehead atoms. The number of Topliss-reactive ketones (excluding diaryl/α,β-unsaturated/α-hetero) is 1. The number of fused-ring (bicyclic) bond motifs is 2. The van der Waals surface area contributed by atoms with Crippen LogP contribution in [-0.4, -0.2) is 16.5 Å². The summed E-state index contributed by atoms with van der Waals surface area (Å²) in [7, 11) is 0. The molecule has 0 saturated carbocycles. The van der Waals surface area contributed by atoms with Crippen LogP contribution in [0.25, 0.3) is 17.0 Å². The zero-order chi connectivity index (χ0) is 14.2. The van der Waals surface area contributed by atoms with Crippen molar-refractivity contribution in [3.63, 3.8) is 0 Å². The molecule has 0 aliphatic carbocycles. The number of aromatic amines is 1. The van der Waals surface area contributed by atoms with E-state index in [1.54, 1.807) is 11.8 Å². The first-order chi connectivity index (χ1) is 10.3. The predicted octanol–water partition coefficient (Wildman–Crippen LogP) is 4.54. The predicted molar refractivity (Wildman–Crippen MR) is 87.8 cm³/mol. The summed E-state index contributed by atoms with van der Waals surface area (Å²) in [6.07, 6.45) is 3.99. The fraction of sp³-hybridized carbons (Fsp3) is 0.0556. The first-order valence-corrected chi connectivity index (χ1v) is 7.85. The highest BCUT2D eigenvalue weighted by atomic mass is 32.2. The zero-order valence-electron chi connectivity index (χ0n) is 11.3. The molecule has 21 heavy (non-hydrogen) atoms. The molecule has 102 valence electrons. The third-order valence-corrected chi connectivity index (χ3v) is 4.88. The van der Waals surface area contributed by atoms with Gasteiger partial charge in [0.15, 0.2) is 5.78 Å². The molecule has 3 heteroatoms. The Bertz CT molecular complexity index is 876. The summed E-state index contributed by atoms with van der Waals surface area (Å²) in [6, 6.07) is 16.0. The summed E-state index contributed by atoms with van der Waals surface area (Å²) in [4.78, 5) is 16.9. The Morgan fingerprint density at radius 2 is 1.86 bits per heavy atom. The van der Waals surface area contributed by atoms with Crippen molar-refractivity contribution in [2.24, 2.45) is 0 Å². The molecule has 0 fully saturated rings. The lowest BCUT2D eigenvalue weighted by atomic mass is 10.0. The Balaban J connectivity index is 1.79. The van der Waals surface area contributed by atoms with E-state index in [9.17, 15) is 4.79 Å². The smallest absolute Gasteiger partial charge is 0.191 e. The topological polar surface area (TPSA) is 32.9 Å². The highest BCUT2D eigenvalue weighted by Gasteiger charge is 2.22. The van der Waals surface area contributed by atoms with E-state index in [4.69, 9.17) is 0 Å². The van der Waals surface area contributed by atoms with Gasteiger partial charge in [0, 0.05) is 44.4 Å². The van der Waals surface area contributed by atoms with E-state index in [1.807, 2.05) is 54.7 Å². The van der Waals surface area contributed by atoms with Crippen LogP contribution in [0.4, 0.5) is 0 Å². The molecule has 1 aliphatic heterocycles. The minimum atomic E-state index is 0.148. The highest BCUT2D eigenvalue weighted by Crippen LogP contribution is 2.33. The molecular formula is C18H13NOS. The number of rotatable bonds is 1. The Morgan fingerprint density at radius 1 is 1.05 bits per heavy atom. The van der Waals surface area contributed by atoms with Gasteiger partial charge in [-0.2, -0.15) is 0 Å². The van der Waals surface area contributed by atoms with Crippen LogP contribution in [0.2, 0.25) is 0 Å². The quantitative estimate of drug-likeness (QED) is 0.668. The van der Waals surface area contributed by atoms with E-state index in [2.05, 4.69) is 11.1 Å². The number of hydrogen-bond acceptors (Lipinski definition) is 2. The second-order valence-corrected chi connectivity index (χ2v) is 6.09. The fourth-order valence-corrected chi connectivity index (χ4v) is 3.70. The molecule has 0 radical (unpaired) electrons. The van der Waals surface area contributed by atoms with Crippen molar-refractivity contribution in [2.75, 3.05) is 5.75 Å². The molecule has 0 amide bonds. The number of carbonyl (C=O) groups is 1. The van der Waals surface area contributed by atoms with Gasteiger partial charge in [-0.25, -0.2) is 0 Å². The lowest BCUT2D eigenvalue weighted by Crippen LogP contribution is -2.11. The van der Waals surface area contributed by atoms with Crippen LogP contribution in [0.15, 0.2) is 65.2 Å². The number of hydrogen-bond donors (Lipinski definition) is 1. The van der Waals surface area contributed by atoms with Crippen LogP contribution in [-0.2, 0) is 0 Å². The van der Waals surface area contributed by atoms with Crippen molar-refractivity contribution in [3.05, 3.63) is 71.4 Å². The normalized spacial score (nSPS) is 16.4. The van der Waals surface area contributed by atoms with E-state index in [-0.39, 0.29) is 5.78 Å². The molecule has 2 heterocycles. The summed E-state index contributed by atoms with van der Waals surface area (Å²) >= 11 is 1.73. The number of thioether (sulfide) groups is 1. The monoisotopic (exact) mass is 291 g/mol. The molecule has 3 aromatic rings. The van der Waals surface area contributed by atoms with Gasteiger partial charge in [-0.3, -0.25) is 4.79 Å². The molecule has 4 rings (SSSR count). The van der Waals surface area contributed by atoms with E-state index in [0.29, 0.717) is 0 Å². The maximum absolute atomic E-state index is 12.6. The third kappa shape index (κ3) is 2.10. The Labute approximate surface area is 126 Å². The van der Waals surface area contributed by atoms with Crippen molar-refractivity contribution in [3.8, 4) is 0 Å². The van der Waals surface area contributed by atoms with Gasteiger partial charge < -0.3 is 4.98 Å². The second-order valence-electron chi connectivity index (χ2n) is 5.07. The molecule has 0 unspecified atom stereocenters. The van der Waals surface area contributed by atoms with Gasteiger partial charge in [-0.05, 0) is 24.3 Å². The van der Waals surface area contributed by atoms with E-state index < -0.39 is 0 Å². The van der Waals surface area contributed by atoms with Gasteiger partial charge in [0.1, 0.15) is 0 Å². The van der Waals surface area contributed by atoms with Crippen molar-refractivity contribution in [1.29, 1.82) is 0 Å². The number of H-pyrrole nitrogens is 1. The van der Waals surface area contributed by atoms with Crippen LogP contribution in [0.3, 0.4) is 0 Å². The van der Waals surface area contributed by atoms with Crippen molar-refractivity contribution < 1.29 is 4.79 Å². The van der Waals surface area contributed by atoms with E-state index in [1.165, 1.54) is 0 Å². The van der Waals surface area contributed by atoms with Gasteiger partial charge >= 0.3 is 0 Å². The summed E-state index contributed by atoms with van der Waals surface area (Å²) < 4.78 is 0. The Morgan fingerprint density at radius 3 is 2.81 bits per heavy atom. The molecule has 0 saturated heterocycles. The van der Waals surface area contributed by atoms with E-state index >= 15 is 0 Å². The van der Waals surface area contributed by atoms with Crippen LogP contribution >= 0.6 is 11.8 Å². The number of aromatic nitrogens is 1. The molecule has 1 aliphatic rings. The minimum Gasteiger partial charge on any atom is -0.361 e. The zero-order valence-corrected chi connectivity index (χ0v) is 12.1. The lowest BCUT2D eigenvalue weighted by Gasteiger charge is -2.16. The first kappa shape index (κ1) is 12.5. The van der Waals surface area contributed by atoms with Gasteiger partial charge in [0.05, 0.1) is 0 Å². The number of para-hydroxylation sites is 1. The summed E-state index contributed by atoms with van der Waals surface area (Å²) in [6.45, 7) is 0. The summed E-state index contributed by atoms with van der Waals surface area (Å²) in [5.74, 6) is 0.879. The molecular weight excluding hydrogens is 278 g/mol. The second kappa shape index (κ2) is 4.93. The molecule has 2 nitrogen and oxygen atoms in total. The van der Waals surface area contributed by atoms with Crippen molar-refractivity contribution in [1.82, 2.24) is 4.98 Å². The highest BCUT2D eigenvalue weighted by molar-refractivity contribution is 7.99. The third-order valence-electron chi connectivity index (χ3n) is 3.76. The largest absolute Gasteiger partial charge is 0.361 e. The van der Waals surface area contributed by atoms with Crippen LogP contribution in [0.1, 0.15) is 15.9 Å². The Hall–Kier alpha value is -2.26. The standard InChI is InChI=1S/C18H13NOS/c20-18-13(11-21-17-8-4-2-6-15(17)18)9-12-10-19-16-7-3-1-5-14(12)16/h1-10,19H,11H2/b13-9+. The van der Waals surface area contributed by atoms with Gasteiger partial charge in [0.25, 0.3) is 0 Å². The summed E-state index contributed by atoms with van der Waals surface area (Å²) in [5, 5.41) is 1.15. The minimum absolute atomic E-state index is 0.148. The van der Waals surface area contributed by atoms with Crippen molar-refractivity contribution >= 4 is 34.5 Å². The van der Waals surface area contributed by atoms with E-state index in [0.717, 1.165) is 38.3 Å². The molecule has 0 spiro atoms. The van der Waals surface area contributed by atoms with Gasteiger partial charge in [-0.1, -0.05) is 30.3 Å². The number of benzene rings is 2. The van der Waals surface area contributed by atoms with Crippen LogP contribution in [0.5, 0.6) is 0 Å². The van der Waals surface area contributed by atoms with Gasteiger partial charge in [-0.15, -0.1) is 11.8 Å². The van der Waals surface area contributed by atoms with Crippen LogP contribution < -0.4 is 0 Å². The molecule has 0 atom stereocenters. The fourth-order valence-electron chi connectivity index (χ4n) is 2.68. The van der Waals surface area contributed by atoms with Crippen molar-refractivity contribution in [2.45, 2.75) is 4.90 Å². The van der Waals surface area contributed by atoms with Crippen LogP contribution in [0, 0.1) is 0 Å². The number of nitrogens with one attached hydrogen (secondary N) is 1. The SMILES string of the molecule is O=C1/C(=C/c2c[nH]c3ccccc23)CSc2ccccc21. The molecule has 1 N–H and O–H groups in total. The average molecular weight is 291 g/mol. The molecule has 1 aromatic heterocycles. The first-order valence-electron chi connectivity index (χ1n) is 6.86. The van der Waals surface area contributed by atoms with Gasteiger partial charge in [0.2, 0.25) is 0 Å². The Kier molecular flexibility index (Phi) is 2.93. The molecule has 2 aromatic carbocycles. The lowest BCUT2D eigenvalue weighted by molar-refractivity contribution is 0.103. The maximum atomic E-state index is 12.6. The number of ketones is 1. The number of carbonyl (C=O) groups excluding carboxylic acids is 1.